The van der Waals surface area contributed by atoms with E-state index in [9.17, 15) is 4.79 Å². The number of fused-ring (bicyclic) bond motifs is 2. The third-order valence-electron chi connectivity index (χ3n) is 6.11. The Bertz CT molecular complexity index is 1220. The molecule has 4 aromatic rings. The Balaban J connectivity index is 1.49. The number of rotatable bonds is 9. The molecule has 168 valence electrons. The quantitative estimate of drug-likeness (QED) is 0.420. The third kappa shape index (κ3) is 4.41. The first-order valence-corrected chi connectivity index (χ1v) is 11.3. The van der Waals surface area contributed by atoms with Crippen LogP contribution in [0.15, 0.2) is 54.7 Å². The molecule has 0 fully saturated rings. The number of nitrogens with zero attached hydrogens (tertiary/aromatic N) is 3. The molecule has 0 spiro atoms. The zero-order valence-corrected chi connectivity index (χ0v) is 19.3. The summed E-state index contributed by atoms with van der Waals surface area (Å²) in [4.78, 5) is 17.8. The van der Waals surface area contributed by atoms with Crippen molar-refractivity contribution in [3.8, 4) is 0 Å². The summed E-state index contributed by atoms with van der Waals surface area (Å²) in [6, 6.07) is 16.3. The van der Waals surface area contributed by atoms with Crippen LogP contribution in [-0.4, -0.2) is 33.7 Å². The monoisotopic (exact) mass is 432 g/mol. The molecule has 1 N–H and O–H groups in total. The Kier molecular flexibility index (Phi) is 6.61. The summed E-state index contributed by atoms with van der Waals surface area (Å²) in [7, 11) is 3.73. The van der Waals surface area contributed by atoms with E-state index in [1.54, 1.807) is 7.11 Å². The number of carbonyl (C=O) groups is 1. The predicted octanol–water partition coefficient (Wildman–Crippen LogP) is 4.62. The van der Waals surface area contributed by atoms with Gasteiger partial charge in [0.05, 0.1) is 23.7 Å². The lowest BCUT2D eigenvalue weighted by Gasteiger charge is -2.22. The number of aryl methyl sites for hydroxylation is 2. The number of ether oxygens (including phenoxy) is 1. The highest BCUT2D eigenvalue weighted by molar-refractivity contribution is 5.85. The molecule has 2 aromatic carbocycles. The topological polar surface area (TPSA) is 61.1 Å². The van der Waals surface area contributed by atoms with E-state index in [1.807, 2.05) is 37.4 Å². The molecular formula is C26H32N4O2. The fraction of sp³-hybridized carbons (Fsp3) is 0.385. The summed E-state index contributed by atoms with van der Waals surface area (Å²) >= 11 is 0. The molecule has 0 saturated heterocycles. The average molecular weight is 433 g/mol. The second-order valence-corrected chi connectivity index (χ2v) is 8.66. The van der Waals surface area contributed by atoms with Crippen molar-refractivity contribution >= 4 is 27.8 Å². The Hall–Kier alpha value is -3.12. The van der Waals surface area contributed by atoms with Gasteiger partial charge in [-0.05, 0) is 36.1 Å². The van der Waals surface area contributed by atoms with Gasteiger partial charge in [-0.25, -0.2) is 4.98 Å². The van der Waals surface area contributed by atoms with Crippen LogP contribution in [0.4, 0.5) is 0 Å². The predicted molar refractivity (Wildman–Crippen MR) is 129 cm³/mol. The summed E-state index contributed by atoms with van der Waals surface area (Å²) in [6.45, 7) is 5.69. The van der Waals surface area contributed by atoms with Crippen molar-refractivity contribution in [2.24, 2.45) is 13.0 Å². The van der Waals surface area contributed by atoms with E-state index < -0.39 is 0 Å². The molecular weight excluding hydrogens is 400 g/mol. The van der Waals surface area contributed by atoms with Crippen molar-refractivity contribution in [3.63, 3.8) is 0 Å². The molecule has 0 unspecified atom stereocenters. The minimum absolute atomic E-state index is 0.0458. The number of hydrogen-bond donors (Lipinski definition) is 1. The number of aromatic nitrogens is 3. The molecule has 0 bridgehead atoms. The summed E-state index contributed by atoms with van der Waals surface area (Å²) < 4.78 is 9.55. The second kappa shape index (κ2) is 9.57. The van der Waals surface area contributed by atoms with Crippen LogP contribution in [0.2, 0.25) is 0 Å². The van der Waals surface area contributed by atoms with Crippen LogP contribution in [0, 0.1) is 5.92 Å². The Morgan fingerprint density at radius 1 is 1.09 bits per heavy atom. The van der Waals surface area contributed by atoms with Crippen LogP contribution in [0.25, 0.3) is 21.9 Å². The Labute approximate surface area is 189 Å². The van der Waals surface area contributed by atoms with Crippen molar-refractivity contribution in [3.05, 3.63) is 66.1 Å². The zero-order valence-electron chi connectivity index (χ0n) is 19.3. The van der Waals surface area contributed by atoms with Gasteiger partial charge in [0.1, 0.15) is 5.82 Å². The molecule has 32 heavy (non-hydrogen) atoms. The standard InChI is InChI=1S/C26H32N4O2/c1-18(2)25(26-27-21-10-6-8-12-23(21)29(26)3)28-24(31)14-13-19-17-30(15-16-32-4)22-11-7-5-9-20(19)22/h5-12,17-18,25H,13-16H2,1-4H3,(H,28,31)/t25-/m0/s1. The van der Waals surface area contributed by atoms with Gasteiger partial charge in [-0.3, -0.25) is 4.79 Å². The highest BCUT2D eigenvalue weighted by Gasteiger charge is 2.24. The van der Waals surface area contributed by atoms with E-state index in [0.717, 1.165) is 23.4 Å². The van der Waals surface area contributed by atoms with Gasteiger partial charge in [0, 0.05) is 44.2 Å². The highest BCUT2D eigenvalue weighted by atomic mass is 16.5. The molecule has 4 rings (SSSR count). The van der Waals surface area contributed by atoms with E-state index in [-0.39, 0.29) is 17.9 Å². The van der Waals surface area contributed by atoms with Crippen molar-refractivity contribution in [1.82, 2.24) is 19.4 Å². The van der Waals surface area contributed by atoms with Gasteiger partial charge in [0.2, 0.25) is 5.91 Å². The molecule has 0 aliphatic heterocycles. The number of imidazole rings is 1. The summed E-state index contributed by atoms with van der Waals surface area (Å²) in [5.41, 5.74) is 4.40. The number of amides is 1. The van der Waals surface area contributed by atoms with Gasteiger partial charge in [0.25, 0.3) is 0 Å². The van der Waals surface area contributed by atoms with Gasteiger partial charge in [-0.15, -0.1) is 0 Å². The molecule has 6 heteroatoms. The molecule has 0 aliphatic rings. The van der Waals surface area contributed by atoms with Crippen LogP contribution >= 0.6 is 0 Å². The summed E-state index contributed by atoms with van der Waals surface area (Å²) in [5, 5.41) is 4.45. The van der Waals surface area contributed by atoms with E-state index >= 15 is 0 Å². The molecule has 1 amide bonds. The lowest BCUT2D eigenvalue weighted by Crippen LogP contribution is -2.33. The van der Waals surface area contributed by atoms with Crippen LogP contribution in [-0.2, 0) is 29.5 Å². The van der Waals surface area contributed by atoms with Crippen molar-refractivity contribution in [2.45, 2.75) is 39.3 Å². The second-order valence-electron chi connectivity index (χ2n) is 8.66. The molecule has 0 radical (unpaired) electrons. The first-order valence-electron chi connectivity index (χ1n) is 11.3. The SMILES string of the molecule is COCCn1cc(CCC(=O)N[C@H](c2nc3ccccc3n2C)C(C)C)c2ccccc21. The van der Waals surface area contributed by atoms with E-state index in [0.29, 0.717) is 19.4 Å². The number of para-hydroxylation sites is 3. The lowest BCUT2D eigenvalue weighted by atomic mass is 10.0. The first-order chi connectivity index (χ1) is 15.5. The van der Waals surface area contributed by atoms with Crippen molar-refractivity contribution in [1.29, 1.82) is 0 Å². The highest BCUT2D eigenvalue weighted by Crippen LogP contribution is 2.26. The van der Waals surface area contributed by atoms with Crippen LogP contribution < -0.4 is 5.32 Å². The smallest absolute Gasteiger partial charge is 0.220 e. The van der Waals surface area contributed by atoms with Gasteiger partial charge in [-0.1, -0.05) is 44.2 Å². The molecule has 0 aliphatic carbocycles. The van der Waals surface area contributed by atoms with E-state index in [2.05, 4.69) is 52.7 Å². The first kappa shape index (κ1) is 22.1. The fourth-order valence-corrected chi connectivity index (χ4v) is 4.36. The summed E-state index contributed by atoms with van der Waals surface area (Å²) in [5.74, 6) is 1.17. The van der Waals surface area contributed by atoms with Gasteiger partial charge in [-0.2, -0.15) is 0 Å². The van der Waals surface area contributed by atoms with E-state index in [4.69, 9.17) is 9.72 Å². The van der Waals surface area contributed by atoms with Gasteiger partial charge < -0.3 is 19.2 Å². The number of hydrogen-bond acceptors (Lipinski definition) is 3. The van der Waals surface area contributed by atoms with Crippen molar-refractivity contribution < 1.29 is 9.53 Å². The summed E-state index contributed by atoms with van der Waals surface area (Å²) in [6.07, 6.45) is 3.29. The number of benzene rings is 2. The van der Waals surface area contributed by atoms with Crippen LogP contribution in [0.1, 0.15) is 37.7 Å². The average Bonchev–Trinajstić information content (AvgIpc) is 3.32. The van der Waals surface area contributed by atoms with Gasteiger partial charge in [0.15, 0.2) is 0 Å². The molecule has 1 atom stereocenters. The third-order valence-corrected chi connectivity index (χ3v) is 6.11. The Morgan fingerprint density at radius 3 is 2.53 bits per heavy atom. The van der Waals surface area contributed by atoms with Crippen molar-refractivity contribution in [2.75, 3.05) is 13.7 Å². The maximum atomic E-state index is 13.0. The fourth-order valence-electron chi connectivity index (χ4n) is 4.36. The lowest BCUT2D eigenvalue weighted by molar-refractivity contribution is -0.122. The molecule has 2 heterocycles. The van der Waals surface area contributed by atoms with Crippen LogP contribution in [0.5, 0.6) is 0 Å². The number of nitrogens with one attached hydrogen (secondary N) is 1. The maximum absolute atomic E-state index is 13.0. The Morgan fingerprint density at radius 2 is 1.81 bits per heavy atom. The molecule has 0 saturated carbocycles. The number of methoxy groups -OCH3 is 1. The largest absolute Gasteiger partial charge is 0.383 e. The molecule has 2 aromatic heterocycles. The van der Waals surface area contributed by atoms with E-state index in [1.165, 1.54) is 16.5 Å². The molecule has 6 nitrogen and oxygen atoms in total. The number of carbonyl (C=O) groups excluding carboxylic acids is 1. The normalized spacial score (nSPS) is 12.7. The minimum Gasteiger partial charge on any atom is -0.383 e. The maximum Gasteiger partial charge on any atom is 0.220 e. The minimum atomic E-state index is -0.136. The van der Waals surface area contributed by atoms with Crippen LogP contribution in [0.3, 0.4) is 0 Å². The van der Waals surface area contributed by atoms with Gasteiger partial charge >= 0.3 is 0 Å². The zero-order chi connectivity index (χ0) is 22.7.